The van der Waals surface area contributed by atoms with Crippen LogP contribution in [0.2, 0.25) is 0 Å². The number of anilines is 1. The first-order chi connectivity index (χ1) is 18.6. The van der Waals surface area contributed by atoms with Gasteiger partial charge in [0.05, 0.1) is 17.5 Å². The van der Waals surface area contributed by atoms with E-state index < -0.39 is 47.2 Å². The van der Waals surface area contributed by atoms with E-state index in [9.17, 15) is 39.3 Å². The molecule has 1 fully saturated rings. The number of fused-ring (bicyclic) bond motifs is 3. The number of phenols is 2. The summed E-state index contributed by atoms with van der Waals surface area (Å²) in [4.78, 5) is 66.2. The van der Waals surface area contributed by atoms with E-state index in [1.54, 1.807) is 25.1 Å². The van der Waals surface area contributed by atoms with Gasteiger partial charge in [-0.3, -0.25) is 19.2 Å². The maximum absolute atomic E-state index is 13.9. The van der Waals surface area contributed by atoms with Crippen LogP contribution in [0.3, 0.4) is 0 Å². The zero-order valence-electron chi connectivity index (χ0n) is 20.7. The van der Waals surface area contributed by atoms with Gasteiger partial charge in [0.1, 0.15) is 17.1 Å². The summed E-state index contributed by atoms with van der Waals surface area (Å²) in [5.41, 5.74) is 1.72. The molecule has 1 saturated heterocycles. The molecule has 3 N–H and O–H groups in total. The molecule has 0 aromatic heterocycles. The zero-order chi connectivity index (χ0) is 27.7. The molecule has 196 valence electrons. The predicted octanol–water partition coefficient (Wildman–Crippen LogP) is 3.43. The molecule has 2 amide bonds. The molecule has 4 unspecified atom stereocenters. The molecule has 3 aliphatic carbocycles. The van der Waals surface area contributed by atoms with Gasteiger partial charge in [-0.05, 0) is 50.0 Å². The van der Waals surface area contributed by atoms with E-state index in [1.807, 2.05) is 6.08 Å². The van der Waals surface area contributed by atoms with Crippen molar-refractivity contribution < 1.29 is 39.3 Å². The van der Waals surface area contributed by atoms with Crippen LogP contribution < -0.4 is 4.90 Å². The molecule has 0 saturated carbocycles. The van der Waals surface area contributed by atoms with Crippen LogP contribution in [0.5, 0.6) is 11.5 Å². The van der Waals surface area contributed by atoms with E-state index in [1.165, 1.54) is 18.2 Å². The van der Waals surface area contributed by atoms with Crippen LogP contribution in [0.4, 0.5) is 5.69 Å². The topological polar surface area (TPSA) is 149 Å². The Morgan fingerprint density at radius 1 is 0.949 bits per heavy atom. The Morgan fingerprint density at radius 3 is 2.38 bits per heavy atom. The third-order valence-corrected chi connectivity index (χ3v) is 8.28. The lowest BCUT2D eigenvalue weighted by Crippen LogP contribution is -2.39. The van der Waals surface area contributed by atoms with Gasteiger partial charge in [0.25, 0.3) is 0 Å². The van der Waals surface area contributed by atoms with Gasteiger partial charge >= 0.3 is 5.97 Å². The number of hydrogen-bond acceptors (Lipinski definition) is 7. The number of benzene rings is 2. The Bertz CT molecular complexity index is 1630. The number of carbonyl (C=O) groups is 5. The van der Waals surface area contributed by atoms with Gasteiger partial charge in [-0.25, -0.2) is 9.69 Å². The number of carboxylic acids is 1. The number of hydrogen-bond donors (Lipinski definition) is 3. The first-order valence-electron chi connectivity index (χ1n) is 12.5. The minimum Gasteiger partial charge on any atom is -0.508 e. The molecular formula is C30H23NO8. The monoisotopic (exact) mass is 525 g/mol. The van der Waals surface area contributed by atoms with Crippen molar-refractivity contribution >= 4 is 35.0 Å². The van der Waals surface area contributed by atoms with Crippen molar-refractivity contribution in [2.75, 3.05) is 4.90 Å². The van der Waals surface area contributed by atoms with Gasteiger partial charge in [0.2, 0.25) is 11.8 Å². The third kappa shape index (κ3) is 3.49. The fraction of sp³-hybridized carbons (Fsp3) is 0.233. The van der Waals surface area contributed by atoms with Crippen LogP contribution in [0.25, 0.3) is 0 Å². The second kappa shape index (κ2) is 8.62. The lowest BCUT2D eigenvalue weighted by Gasteiger charge is -2.42. The van der Waals surface area contributed by atoms with E-state index in [0.29, 0.717) is 22.3 Å². The number of nitrogens with zero attached hydrogens (tertiary/aromatic N) is 1. The van der Waals surface area contributed by atoms with Gasteiger partial charge in [0.15, 0.2) is 11.6 Å². The maximum Gasteiger partial charge on any atom is 0.339 e. The van der Waals surface area contributed by atoms with Gasteiger partial charge in [-0.1, -0.05) is 29.8 Å². The molecule has 1 heterocycles. The highest BCUT2D eigenvalue weighted by molar-refractivity contribution is 6.25. The number of amides is 2. The lowest BCUT2D eigenvalue weighted by atomic mass is 9.59. The molecule has 6 rings (SSSR count). The number of phenolic OH excluding ortho intramolecular Hbond substituents is 1. The molecule has 2 aromatic carbocycles. The zero-order valence-corrected chi connectivity index (χ0v) is 20.7. The van der Waals surface area contributed by atoms with Crippen molar-refractivity contribution in [1.29, 1.82) is 0 Å². The lowest BCUT2D eigenvalue weighted by molar-refractivity contribution is -0.123. The minimum absolute atomic E-state index is 0.0464. The average Bonchev–Trinajstić information content (AvgIpc) is 3.16. The number of aromatic carboxylic acids is 1. The van der Waals surface area contributed by atoms with E-state index >= 15 is 0 Å². The molecule has 0 radical (unpaired) electrons. The smallest absolute Gasteiger partial charge is 0.339 e. The Balaban J connectivity index is 1.46. The van der Waals surface area contributed by atoms with Crippen LogP contribution in [-0.2, 0) is 19.2 Å². The summed E-state index contributed by atoms with van der Waals surface area (Å²) in [6, 6.07) is 10.1. The van der Waals surface area contributed by atoms with Crippen LogP contribution in [0.1, 0.15) is 41.6 Å². The number of aromatic hydroxyl groups is 2. The summed E-state index contributed by atoms with van der Waals surface area (Å²) in [6.07, 6.45) is 3.44. The summed E-state index contributed by atoms with van der Waals surface area (Å²) < 4.78 is 0. The number of carboxylic acid groups (broad SMARTS) is 1. The van der Waals surface area contributed by atoms with Crippen LogP contribution >= 0.6 is 0 Å². The number of allylic oxidation sites excluding steroid dienone is 6. The van der Waals surface area contributed by atoms with Crippen molar-refractivity contribution in [1.82, 2.24) is 0 Å². The average molecular weight is 526 g/mol. The summed E-state index contributed by atoms with van der Waals surface area (Å²) in [5.74, 6) is -6.49. The molecule has 9 heteroatoms. The van der Waals surface area contributed by atoms with Gasteiger partial charge < -0.3 is 15.3 Å². The quantitative estimate of drug-likeness (QED) is 0.314. The van der Waals surface area contributed by atoms with E-state index in [-0.39, 0.29) is 47.0 Å². The van der Waals surface area contributed by atoms with Crippen LogP contribution in [0.15, 0.2) is 76.9 Å². The Kier molecular flexibility index (Phi) is 5.43. The molecule has 0 spiro atoms. The molecule has 9 nitrogen and oxygen atoms in total. The number of rotatable bonds is 3. The summed E-state index contributed by atoms with van der Waals surface area (Å²) in [7, 11) is 0. The third-order valence-electron chi connectivity index (χ3n) is 8.28. The molecule has 2 aromatic rings. The van der Waals surface area contributed by atoms with Gasteiger partial charge in [0, 0.05) is 34.3 Å². The predicted molar refractivity (Wildman–Crippen MR) is 137 cm³/mol. The minimum atomic E-state index is -1.35. The van der Waals surface area contributed by atoms with E-state index in [2.05, 4.69) is 0 Å². The first-order valence-corrected chi connectivity index (χ1v) is 12.5. The summed E-state index contributed by atoms with van der Waals surface area (Å²) in [5, 5.41) is 30.2. The molecular weight excluding hydrogens is 502 g/mol. The number of carbonyl (C=O) groups excluding carboxylic acids is 4. The summed E-state index contributed by atoms with van der Waals surface area (Å²) in [6.45, 7) is 1.57. The van der Waals surface area contributed by atoms with Crippen molar-refractivity contribution in [2.45, 2.75) is 25.7 Å². The molecule has 4 aliphatic rings. The van der Waals surface area contributed by atoms with E-state index in [4.69, 9.17) is 0 Å². The normalized spacial score (nSPS) is 26.1. The highest BCUT2D eigenvalue weighted by Gasteiger charge is 2.56. The molecule has 39 heavy (non-hydrogen) atoms. The number of Topliss-reactive ketones (excluding diaryl/α,β-unsaturated/α-hetero) is 1. The van der Waals surface area contributed by atoms with E-state index in [0.717, 1.165) is 17.0 Å². The second-order valence-electron chi connectivity index (χ2n) is 10.3. The van der Waals surface area contributed by atoms with Gasteiger partial charge in [-0.2, -0.15) is 0 Å². The van der Waals surface area contributed by atoms with Crippen molar-refractivity contribution in [3.05, 3.63) is 88.0 Å². The fourth-order valence-corrected chi connectivity index (χ4v) is 6.54. The Morgan fingerprint density at radius 2 is 1.69 bits per heavy atom. The highest BCUT2D eigenvalue weighted by atomic mass is 16.4. The SMILES string of the molecule is CC1=CC(=O)C2=C(C1=O)C(c1ccccc1O)C1=CCC3C(=O)N(c4ccc(C(=O)O)c(O)c4)C(=O)C3C1C2. The maximum atomic E-state index is 13.9. The molecule has 4 atom stereocenters. The highest BCUT2D eigenvalue weighted by Crippen LogP contribution is 2.56. The molecule has 1 aliphatic heterocycles. The first kappa shape index (κ1) is 24.5. The van der Waals surface area contributed by atoms with Crippen LogP contribution in [0, 0.1) is 17.8 Å². The standard InChI is InChI=1S/C30H23NO8/c1-13-10-22(33)20-12-19-15(24(26(20)27(13)35)16-4-2-3-5-21(16)32)8-9-18-25(19)29(37)31(28(18)36)14-6-7-17(30(38)39)23(34)11-14/h2-8,10-11,18-19,24-25,32,34H,9,12H2,1H3,(H,38,39). The van der Waals surface area contributed by atoms with Crippen LogP contribution in [-0.4, -0.2) is 44.7 Å². The fourth-order valence-electron chi connectivity index (χ4n) is 6.54. The second-order valence-corrected chi connectivity index (χ2v) is 10.3. The van der Waals surface area contributed by atoms with Crippen molar-refractivity contribution in [3.63, 3.8) is 0 Å². The Hall–Kier alpha value is -4.79. The Labute approximate surface area is 222 Å². The number of imide groups is 1. The summed E-state index contributed by atoms with van der Waals surface area (Å²) >= 11 is 0. The van der Waals surface area contributed by atoms with Crippen molar-refractivity contribution in [3.8, 4) is 11.5 Å². The molecule has 0 bridgehead atoms. The van der Waals surface area contributed by atoms with Gasteiger partial charge in [-0.15, -0.1) is 0 Å². The largest absolute Gasteiger partial charge is 0.508 e. The number of para-hydroxylation sites is 1. The van der Waals surface area contributed by atoms with Crippen molar-refractivity contribution in [2.24, 2.45) is 17.8 Å². The number of ketones is 2.